The zero-order valence-electron chi connectivity index (χ0n) is 11.2. The quantitative estimate of drug-likeness (QED) is 0.862. The molecule has 2 nitrogen and oxygen atoms in total. The largest absolute Gasteiger partial charge is 0.309 e. The smallest absolute Gasteiger partial charge is 0.0253 e. The molecule has 1 aromatic rings. The van der Waals surface area contributed by atoms with E-state index < -0.39 is 0 Å². The van der Waals surface area contributed by atoms with Gasteiger partial charge in [-0.15, -0.1) is 0 Å². The highest BCUT2D eigenvalue weighted by Gasteiger charge is 2.31. The normalized spacial score (nSPS) is 24.8. The van der Waals surface area contributed by atoms with Gasteiger partial charge < -0.3 is 5.32 Å². The Hall–Kier alpha value is -0.860. The van der Waals surface area contributed by atoms with E-state index in [1.54, 1.807) is 0 Å². The van der Waals surface area contributed by atoms with Crippen molar-refractivity contribution in [3.8, 4) is 0 Å². The van der Waals surface area contributed by atoms with Gasteiger partial charge in [0.05, 0.1) is 0 Å². The van der Waals surface area contributed by atoms with Crippen LogP contribution in [0, 0.1) is 0 Å². The van der Waals surface area contributed by atoms with Gasteiger partial charge in [-0.3, -0.25) is 4.90 Å². The van der Waals surface area contributed by atoms with Gasteiger partial charge in [-0.1, -0.05) is 37.3 Å². The monoisotopic (exact) mass is 232 g/mol. The molecule has 2 heteroatoms. The molecule has 1 aromatic carbocycles. The molecule has 1 aliphatic rings. The molecule has 0 radical (unpaired) electrons. The summed E-state index contributed by atoms with van der Waals surface area (Å²) >= 11 is 0. The lowest BCUT2D eigenvalue weighted by atomic mass is 9.97. The van der Waals surface area contributed by atoms with Gasteiger partial charge in [0.2, 0.25) is 0 Å². The SMILES string of the molecule is CCC1CNC(C)(C)CN1Cc1ccccc1. The number of piperazine rings is 1. The van der Waals surface area contributed by atoms with Crippen LogP contribution in [0.2, 0.25) is 0 Å². The van der Waals surface area contributed by atoms with Crippen molar-refractivity contribution >= 4 is 0 Å². The van der Waals surface area contributed by atoms with E-state index in [2.05, 4.69) is 61.3 Å². The molecule has 94 valence electrons. The van der Waals surface area contributed by atoms with Crippen LogP contribution in [-0.4, -0.2) is 29.6 Å². The number of hydrogen-bond donors (Lipinski definition) is 1. The summed E-state index contributed by atoms with van der Waals surface area (Å²) in [5.74, 6) is 0. The van der Waals surface area contributed by atoms with E-state index in [-0.39, 0.29) is 5.54 Å². The summed E-state index contributed by atoms with van der Waals surface area (Å²) in [6, 6.07) is 11.5. The molecule has 1 heterocycles. The molecule has 2 rings (SSSR count). The Morgan fingerprint density at radius 1 is 1.29 bits per heavy atom. The van der Waals surface area contributed by atoms with E-state index in [0.29, 0.717) is 6.04 Å². The van der Waals surface area contributed by atoms with Crippen molar-refractivity contribution in [3.05, 3.63) is 35.9 Å². The molecular weight excluding hydrogens is 208 g/mol. The molecule has 0 aliphatic carbocycles. The molecule has 1 saturated heterocycles. The molecule has 1 N–H and O–H groups in total. The van der Waals surface area contributed by atoms with Gasteiger partial charge >= 0.3 is 0 Å². The highest BCUT2D eigenvalue weighted by Crippen LogP contribution is 2.19. The summed E-state index contributed by atoms with van der Waals surface area (Å²) in [7, 11) is 0. The second-order valence-electron chi connectivity index (χ2n) is 5.72. The van der Waals surface area contributed by atoms with Crippen molar-refractivity contribution in [2.24, 2.45) is 0 Å². The summed E-state index contributed by atoms with van der Waals surface area (Å²) in [5.41, 5.74) is 1.66. The number of nitrogens with zero attached hydrogens (tertiary/aromatic N) is 1. The predicted octanol–water partition coefficient (Wildman–Crippen LogP) is 2.65. The van der Waals surface area contributed by atoms with Crippen LogP contribution in [0.4, 0.5) is 0 Å². The molecule has 1 atom stereocenters. The Labute approximate surface area is 105 Å². The summed E-state index contributed by atoms with van der Waals surface area (Å²) in [6.45, 7) is 10.2. The lowest BCUT2D eigenvalue weighted by Crippen LogP contribution is -2.60. The molecule has 0 aromatic heterocycles. The summed E-state index contributed by atoms with van der Waals surface area (Å²) in [6.07, 6.45) is 1.22. The standard InChI is InChI=1S/C15H24N2/c1-4-14-10-16-15(2,3)12-17(14)11-13-8-6-5-7-9-13/h5-9,14,16H,4,10-12H2,1-3H3. The van der Waals surface area contributed by atoms with Crippen LogP contribution in [0.25, 0.3) is 0 Å². The predicted molar refractivity (Wildman–Crippen MR) is 73.0 cm³/mol. The molecule has 1 fully saturated rings. The third-order valence-corrected chi connectivity index (χ3v) is 3.63. The van der Waals surface area contributed by atoms with Gasteiger partial charge in [-0.2, -0.15) is 0 Å². The molecular formula is C15H24N2. The van der Waals surface area contributed by atoms with E-state index in [1.165, 1.54) is 12.0 Å². The van der Waals surface area contributed by atoms with Crippen LogP contribution < -0.4 is 5.32 Å². The number of hydrogen-bond acceptors (Lipinski definition) is 2. The van der Waals surface area contributed by atoms with Crippen LogP contribution in [0.1, 0.15) is 32.8 Å². The van der Waals surface area contributed by atoms with E-state index in [4.69, 9.17) is 0 Å². The average Bonchev–Trinajstić information content (AvgIpc) is 2.30. The fourth-order valence-corrected chi connectivity index (χ4v) is 2.62. The molecule has 1 unspecified atom stereocenters. The Morgan fingerprint density at radius 2 is 2.00 bits per heavy atom. The average molecular weight is 232 g/mol. The summed E-state index contributed by atoms with van der Waals surface area (Å²) in [4.78, 5) is 2.62. The Kier molecular flexibility index (Phi) is 3.85. The maximum Gasteiger partial charge on any atom is 0.0253 e. The minimum absolute atomic E-state index is 0.237. The summed E-state index contributed by atoms with van der Waals surface area (Å²) in [5, 5.41) is 3.63. The third-order valence-electron chi connectivity index (χ3n) is 3.63. The Morgan fingerprint density at radius 3 is 2.65 bits per heavy atom. The number of nitrogens with one attached hydrogen (secondary N) is 1. The first-order valence-corrected chi connectivity index (χ1v) is 6.64. The Bertz CT molecular complexity index is 345. The maximum absolute atomic E-state index is 3.63. The Balaban J connectivity index is 2.06. The highest BCUT2D eigenvalue weighted by molar-refractivity contribution is 5.15. The first-order chi connectivity index (χ1) is 8.11. The first-order valence-electron chi connectivity index (χ1n) is 6.64. The number of benzene rings is 1. The number of rotatable bonds is 3. The lowest BCUT2D eigenvalue weighted by molar-refractivity contribution is 0.0858. The van der Waals surface area contributed by atoms with E-state index >= 15 is 0 Å². The zero-order chi connectivity index (χ0) is 12.3. The van der Waals surface area contributed by atoms with Gasteiger partial charge in [0.25, 0.3) is 0 Å². The molecule has 0 spiro atoms. The van der Waals surface area contributed by atoms with E-state index in [0.717, 1.165) is 19.6 Å². The third kappa shape index (κ3) is 3.30. The fourth-order valence-electron chi connectivity index (χ4n) is 2.62. The lowest BCUT2D eigenvalue weighted by Gasteiger charge is -2.44. The minimum atomic E-state index is 0.237. The van der Waals surface area contributed by atoms with Crippen LogP contribution in [0.5, 0.6) is 0 Å². The topological polar surface area (TPSA) is 15.3 Å². The molecule has 0 saturated carbocycles. The van der Waals surface area contributed by atoms with Crippen LogP contribution >= 0.6 is 0 Å². The van der Waals surface area contributed by atoms with Crippen molar-refractivity contribution in [1.29, 1.82) is 0 Å². The van der Waals surface area contributed by atoms with Crippen molar-refractivity contribution in [1.82, 2.24) is 10.2 Å². The van der Waals surface area contributed by atoms with Crippen LogP contribution in [0.15, 0.2) is 30.3 Å². The van der Waals surface area contributed by atoms with Crippen molar-refractivity contribution in [2.75, 3.05) is 13.1 Å². The van der Waals surface area contributed by atoms with Crippen molar-refractivity contribution < 1.29 is 0 Å². The highest BCUT2D eigenvalue weighted by atomic mass is 15.2. The van der Waals surface area contributed by atoms with Gasteiger partial charge in [0.15, 0.2) is 0 Å². The van der Waals surface area contributed by atoms with Gasteiger partial charge in [0, 0.05) is 31.2 Å². The maximum atomic E-state index is 3.63. The van der Waals surface area contributed by atoms with E-state index in [9.17, 15) is 0 Å². The molecule has 0 amide bonds. The second-order valence-corrected chi connectivity index (χ2v) is 5.72. The zero-order valence-corrected chi connectivity index (χ0v) is 11.2. The molecule has 0 bridgehead atoms. The van der Waals surface area contributed by atoms with Crippen LogP contribution in [-0.2, 0) is 6.54 Å². The van der Waals surface area contributed by atoms with Crippen LogP contribution in [0.3, 0.4) is 0 Å². The van der Waals surface area contributed by atoms with Gasteiger partial charge in [-0.25, -0.2) is 0 Å². The summed E-state index contributed by atoms with van der Waals surface area (Å²) < 4.78 is 0. The second kappa shape index (κ2) is 5.19. The molecule has 1 aliphatic heterocycles. The first kappa shape index (κ1) is 12.6. The van der Waals surface area contributed by atoms with Crippen molar-refractivity contribution in [2.45, 2.75) is 45.3 Å². The van der Waals surface area contributed by atoms with Gasteiger partial charge in [-0.05, 0) is 25.8 Å². The van der Waals surface area contributed by atoms with E-state index in [1.807, 2.05) is 0 Å². The van der Waals surface area contributed by atoms with Crippen molar-refractivity contribution in [3.63, 3.8) is 0 Å². The fraction of sp³-hybridized carbons (Fsp3) is 0.600. The minimum Gasteiger partial charge on any atom is -0.309 e. The van der Waals surface area contributed by atoms with Gasteiger partial charge in [0.1, 0.15) is 0 Å². The molecule has 17 heavy (non-hydrogen) atoms.